The van der Waals surface area contributed by atoms with Crippen LogP contribution < -0.4 is 5.32 Å². The van der Waals surface area contributed by atoms with Crippen LogP contribution >= 0.6 is 0 Å². The molecule has 2 aromatic carbocycles. The minimum atomic E-state index is -0.140. The predicted octanol–water partition coefficient (Wildman–Crippen LogP) is 3.28. The van der Waals surface area contributed by atoms with E-state index in [1.165, 1.54) is 0 Å². The van der Waals surface area contributed by atoms with Gasteiger partial charge in [-0.3, -0.25) is 4.79 Å². The van der Waals surface area contributed by atoms with Gasteiger partial charge in [-0.1, -0.05) is 24.3 Å². The van der Waals surface area contributed by atoms with Crippen molar-refractivity contribution in [3.05, 3.63) is 65.6 Å². The van der Waals surface area contributed by atoms with Crippen molar-refractivity contribution in [3.63, 3.8) is 0 Å². The van der Waals surface area contributed by atoms with Crippen LogP contribution in [-0.2, 0) is 6.54 Å². The maximum absolute atomic E-state index is 12.3. The highest BCUT2D eigenvalue weighted by Gasteiger charge is 2.10. The first-order valence-corrected chi connectivity index (χ1v) is 7.50. The molecule has 0 spiro atoms. The summed E-state index contributed by atoms with van der Waals surface area (Å²) in [6, 6.07) is 15.7. The number of aromatic nitrogens is 3. The molecule has 2 aromatic heterocycles. The highest BCUT2D eigenvalue weighted by atomic mass is 16.1. The first-order valence-electron chi connectivity index (χ1n) is 7.50. The number of imidazole rings is 1. The van der Waals surface area contributed by atoms with E-state index in [1.54, 1.807) is 0 Å². The number of para-hydroxylation sites is 2. The average Bonchev–Trinajstić information content (AvgIpc) is 3.15. The number of amides is 1. The van der Waals surface area contributed by atoms with Crippen LogP contribution in [0.5, 0.6) is 0 Å². The summed E-state index contributed by atoms with van der Waals surface area (Å²) in [5, 5.41) is 3.92. The van der Waals surface area contributed by atoms with Gasteiger partial charge in [0.2, 0.25) is 0 Å². The summed E-state index contributed by atoms with van der Waals surface area (Å²) in [6.45, 7) is 2.39. The minimum absolute atomic E-state index is 0.140. The van der Waals surface area contributed by atoms with E-state index < -0.39 is 0 Å². The molecule has 5 heteroatoms. The number of benzene rings is 2. The van der Waals surface area contributed by atoms with Crippen LogP contribution in [0.2, 0.25) is 0 Å². The molecule has 0 fully saturated rings. The fourth-order valence-electron chi connectivity index (χ4n) is 2.71. The predicted molar refractivity (Wildman–Crippen MR) is 90.3 cm³/mol. The zero-order valence-electron chi connectivity index (χ0n) is 12.7. The molecule has 2 heterocycles. The lowest BCUT2D eigenvalue weighted by Gasteiger charge is -2.00. The van der Waals surface area contributed by atoms with Gasteiger partial charge in [-0.2, -0.15) is 0 Å². The van der Waals surface area contributed by atoms with Crippen LogP contribution in [0.25, 0.3) is 21.9 Å². The van der Waals surface area contributed by atoms with E-state index in [0.717, 1.165) is 33.3 Å². The molecule has 5 nitrogen and oxygen atoms in total. The Kier molecular flexibility index (Phi) is 3.12. The summed E-state index contributed by atoms with van der Waals surface area (Å²) in [7, 11) is 0. The smallest absolute Gasteiger partial charge is 0.268 e. The molecule has 0 saturated heterocycles. The highest BCUT2D eigenvalue weighted by Crippen LogP contribution is 2.17. The van der Waals surface area contributed by atoms with Gasteiger partial charge < -0.3 is 15.3 Å². The third-order valence-electron chi connectivity index (χ3n) is 3.88. The van der Waals surface area contributed by atoms with Crippen molar-refractivity contribution in [2.75, 3.05) is 0 Å². The van der Waals surface area contributed by atoms with E-state index in [9.17, 15) is 4.79 Å². The quantitative estimate of drug-likeness (QED) is 0.543. The van der Waals surface area contributed by atoms with Gasteiger partial charge in [-0.05, 0) is 36.8 Å². The largest absolute Gasteiger partial charge is 0.351 e. The number of nitrogens with one attached hydrogen (secondary N) is 3. The fourth-order valence-corrected chi connectivity index (χ4v) is 2.71. The van der Waals surface area contributed by atoms with Gasteiger partial charge in [-0.15, -0.1) is 0 Å². The molecule has 0 aliphatic rings. The molecule has 0 atom stereocenters. The van der Waals surface area contributed by atoms with Crippen molar-refractivity contribution in [2.45, 2.75) is 13.5 Å². The number of carbonyl (C=O) groups excluding carboxylic acids is 1. The maximum atomic E-state index is 12.3. The molecular weight excluding hydrogens is 288 g/mol. The summed E-state index contributed by atoms with van der Waals surface area (Å²) >= 11 is 0. The summed E-state index contributed by atoms with van der Waals surface area (Å²) in [5.74, 6) is 0.603. The van der Waals surface area contributed by atoms with Gasteiger partial charge in [0.1, 0.15) is 11.5 Å². The number of fused-ring (bicyclic) bond motifs is 2. The number of hydrogen-bond acceptors (Lipinski definition) is 2. The van der Waals surface area contributed by atoms with Crippen molar-refractivity contribution in [3.8, 4) is 0 Å². The molecule has 0 bridgehead atoms. The lowest BCUT2D eigenvalue weighted by Crippen LogP contribution is -2.23. The van der Waals surface area contributed by atoms with Crippen LogP contribution in [-0.4, -0.2) is 20.9 Å². The number of hydrogen-bond donors (Lipinski definition) is 3. The van der Waals surface area contributed by atoms with Gasteiger partial charge in [0.25, 0.3) is 5.91 Å². The maximum Gasteiger partial charge on any atom is 0.268 e. The summed E-state index contributed by atoms with van der Waals surface area (Å²) in [4.78, 5) is 23.1. The molecule has 0 aliphatic heterocycles. The Morgan fingerprint density at radius 2 is 1.96 bits per heavy atom. The number of aryl methyl sites for hydroxylation is 1. The lowest BCUT2D eigenvalue weighted by atomic mass is 10.2. The third-order valence-corrected chi connectivity index (χ3v) is 3.88. The Morgan fingerprint density at radius 3 is 2.83 bits per heavy atom. The average molecular weight is 304 g/mol. The normalized spacial score (nSPS) is 11.2. The van der Waals surface area contributed by atoms with Crippen LogP contribution in [0.3, 0.4) is 0 Å². The second kappa shape index (κ2) is 5.28. The van der Waals surface area contributed by atoms with Crippen molar-refractivity contribution >= 4 is 27.8 Å². The van der Waals surface area contributed by atoms with Crippen molar-refractivity contribution in [2.24, 2.45) is 0 Å². The Balaban J connectivity index is 1.52. The number of nitrogens with zero attached hydrogens (tertiary/aromatic N) is 1. The number of aromatic amines is 2. The molecule has 0 saturated carbocycles. The van der Waals surface area contributed by atoms with E-state index >= 15 is 0 Å². The summed E-state index contributed by atoms with van der Waals surface area (Å²) in [6.07, 6.45) is 0. The monoisotopic (exact) mass is 304 g/mol. The van der Waals surface area contributed by atoms with Gasteiger partial charge >= 0.3 is 0 Å². The van der Waals surface area contributed by atoms with Gasteiger partial charge in [0.15, 0.2) is 0 Å². The second-order valence-corrected chi connectivity index (χ2v) is 5.66. The molecular formula is C18H16N4O. The Bertz CT molecular complexity index is 979. The minimum Gasteiger partial charge on any atom is -0.351 e. The molecule has 0 radical (unpaired) electrons. The Labute approximate surface area is 132 Å². The number of rotatable bonds is 3. The van der Waals surface area contributed by atoms with Gasteiger partial charge in [0, 0.05) is 10.9 Å². The Morgan fingerprint density at radius 1 is 1.09 bits per heavy atom. The first kappa shape index (κ1) is 13.6. The van der Waals surface area contributed by atoms with Crippen LogP contribution in [0, 0.1) is 6.92 Å². The highest BCUT2D eigenvalue weighted by molar-refractivity contribution is 5.98. The molecule has 114 valence electrons. The van der Waals surface area contributed by atoms with Crippen molar-refractivity contribution in [1.82, 2.24) is 20.3 Å². The number of H-pyrrole nitrogens is 2. The zero-order chi connectivity index (χ0) is 15.8. The molecule has 0 unspecified atom stereocenters. The lowest BCUT2D eigenvalue weighted by molar-refractivity contribution is 0.0946. The van der Waals surface area contributed by atoms with Gasteiger partial charge in [0.05, 0.1) is 17.6 Å². The van der Waals surface area contributed by atoms with Crippen LogP contribution in [0.15, 0.2) is 48.5 Å². The van der Waals surface area contributed by atoms with Gasteiger partial charge in [-0.25, -0.2) is 4.98 Å². The zero-order valence-corrected chi connectivity index (χ0v) is 12.7. The number of carbonyl (C=O) groups is 1. The molecule has 0 aliphatic carbocycles. The Hall–Kier alpha value is -3.08. The summed E-state index contributed by atoms with van der Waals surface area (Å²) < 4.78 is 0. The van der Waals surface area contributed by atoms with E-state index in [0.29, 0.717) is 12.2 Å². The fraction of sp³-hybridized carbons (Fsp3) is 0.111. The molecule has 3 N–H and O–H groups in total. The third kappa shape index (κ3) is 2.57. The SMILES string of the molecule is Cc1ccc2cc(C(=O)NCc3nc4ccccc4[nH]3)[nH]c2c1. The van der Waals surface area contributed by atoms with E-state index in [2.05, 4.69) is 20.3 Å². The molecule has 4 aromatic rings. The molecule has 4 rings (SSSR count). The standard InChI is InChI=1S/C18H16N4O/c1-11-6-7-12-9-16(20-15(12)8-11)18(23)19-10-17-21-13-4-2-3-5-14(13)22-17/h2-9,20H,10H2,1H3,(H,19,23)(H,21,22). The van der Waals surface area contributed by atoms with E-state index in [-0.39, 0.29) is 5.91 Å². The summed E-state index contributed by atoms with van der Waals surface area (Å²) in [5.41, 5.74) is 4.56. The first-order chi connectivity index (χ1) is 11.2. The van der Waals surface area contributed by atoms with E-state index in [1.807, 2.05) is 55.5 Å². The molecule has 1 amide bonds. The second-order valence-electron chi connectivity index (χ2n) is 5.66. The van der Waals surface area contributed by atoms with Crippen molar-refractivity contribution < 1.29 is 4.79 Å². The topological polar surface area (TPSA) is 73.6 Å². The van der Waals surface area contributed by atoms with Crippen LogP contribution in [0.1, 0.15) is 21.9 Å². The van der Waals surface area contributed by atoms with Crippen LogP contribution in [0.4, 0.5) is 0 Å². The van der Waals surface area contributed by atoms with Crippen molar-refractivity contribution in [1.29, 1.82) is 0 Å². The van der Waals surface area contributed by atoms with E-state index in [4.69, 9.17) is 0 Å². The molecule has 23 heavy (non-hydrogen) atoms.